The monoisotopic (exact) mass is 366 g/mol. The maximum Gasteiger partial charge on any atom is 0.226 e. The summed E-state index contributed by atoms with van der Waals surface area (Å²) in [5.41, 5.74) is 1.88. The standard InChI is InChI=1S/C18H15FN6O2/c1-27-17-16(13-6-7-21-22-10-13)24-25-18(17)23-15(26)5-3-11-2-4-12(9-20)14(19)8-11/h2,4,6-8,10H,3,5H2,1H3,(H2,23,24,25,26). The molecule has 1 aromatic carbocycles. The van der Waals surface area contributed by atoms with Crippen molar-refractivity contribution in [2.24, 2.45) is 0 Å². The van der Waals surface area contributed by atoms with Crippen molar-refractivity contribution in [1.29, 1.82) is 5.26 Å². The highest BCUT2D eigenvalue weighted by Gasteiger charge is 2.18. The van der Waals surface area contributed by atoms with Gasteiger partial charge in [-0.3, -0.25) is 9.89 Å². The summed E-state index contributed by atoms with van der Waals surface area (Å²) in [6, 6.07) is 7.77. The molecule has 0 spiro atoms. The number of benzene rings is 1. The van der Waals surface area contributed by atoms with Gasteiger partial charge in [0.15, 0.2) is 11.6 Å². The Labute approximate surface area is 154 Å². The molecule has 1 amide bonds. The van der Waals surface area contributed by atoms with Crippen LogP contribution in [0.2, 0.25) is 0 Å². The van der Waals surface area contributed by atoms with Crippen LogP contribution in [0.15, 0.2) is 36.7 Å². The Balaban J connectivity index is 1.67. The molecular formula is C18H15FN6O2. The van der Waals surface area contributed by atoms with E-state index in [1.807, 2.05) is 0 Å². The van der Waals surface area contributed by atoms with Crippen molar-refractivity contribution >= 4 is 11.7 Å². The number of hydrogen-bond donors (Lipinski definition) is 2. The van der Waals surface area contributed by atoms with Crippen LogP contribution in [0.4, 0.5) is 10.2 Å². The summed E-state index contributed by atoms with van der Waals surface area (Å²) in [6.07, 6.45) is 3.52. The number of nitrogens with zero attached hydrogens (tertiary/aromatic N) is 4. The van der Waals surface area contributed by atoms with Gasteiger partial charge < -0.3 is 10.1 Å². The summed E-state index contributed by atoms with van der Waals surface area (Å²) in [5.74, 6) is -0.273. The smallest absolute Gasteiger partial charge is 0.226 e. The summed E-state index contributed by atoms with van der Waals surface area (Å²) in [4.78, 5) is 12.2. The van der Waals surface area contributed by atoms with Gasteiger partial charge in [0.2, 0.25) is 5.91 Å². The van der Waals surface area contributed by atoms with E-state index in [0.29, 0.717) is 29.0 Å². The van der Waals surface area contributed by atoms with Gasteiger partial charge in [0.1, 0.15) is 17.6 Å². The molecule has 0 fully saturated rings. The zero-order valence-corrected chi connectivity index (χ0v) is 14.4. The molecule has 0 aliphatic carbocycles. The van der Waals surface area contributed by atoms with Gasteiger partial charge in [0.05, 0.1) is 25.1 Å². The van der Waals surface area contributed by atoms with Crippen molar-refractivity contribution in [2.45, 2.75) is 12.8 Å². The lowest BCUT2D eigenvalue weighted by Crippen LogP contribution is -2.13. The average Bonchev–Trinajstić information content (AvgIpc) is 3.09. The summed E-state index contributed by atoms with van der Waals surface area (Å²) >= 11 is 0. The first-order chi connectivity index (χ1) is 13.1. The second-order valence-electron chi connectivity index (χ2n) is 5.59. The summed E-state index contributed by atoms with van der Waals surface area (Å²) in [6.45, 7) is 0. The van der Waals surface area contributed by atoms with Crippen molar-refractivity contribution in [3.63, 3.8) is 0 Å². The molecule has 0 aliphatic rings. The van der Waals surface area contributed by atoms with Gasteiger partial charge in [-0.25, -0.2) is 4.39 Å². The maximum absolute atomic E-state index is 13.6. The number of halogens is 1. The lowest BCUT2D eigenvalue weighted by atomic mass is 10.1. The third-order valence-corrected chi connectivity index (χ3v) is 3.85. The molecule has 0 bridgehead atoms. The Morgan fingerprint density at radius 2 is 2.22 bits per heavy atom. The normalized spacial score (nSPS) is 10.3. The van der Waals surface area contributed by atoms with Gasteiger partial charge in [-0.05, 0) is 30.2 Å². The summed E-state index contributed by atoms with van der Waals surface area (Å²) in [7, 11) is 1.47. The van der Waals surface area contributed by atoms with Crippen molar-refractivity contribution in [2.75, 3.05) is 12.4 Å². The molecule has 0 saturated carbocycles. The number of amides is 1. The van der Waals surface area contributed by atoms with Gasteiger partial charge in [-0.15, -0.1) is 0 Å². The fraction of sp³-hybridized carbons (Fsp3) is 0.167. The van der Waals surface area contributed by atoms with E-state index in [0.717, 1.165) is 0 Å². The molecule has 2 aromatic heterocycles. The van der Waals surface area contributed by atoms with E-state index >= 15 is 0 Å². The average molecular weight is 366 g/mol. The van der Waals surface area contributed by atoms with Crippen LogP contribution in [0.3, 0.4) is 0 Å². The van der Waals surface area contributed by atoms with Crippen molar-refractivity contribution < 1.29 is 13.9 Å². The number of ether oxygens (including phenoxy) is 1. The maximum atomic E-state index is 13.6. The molecular weight excluding hydrogens is 351 g/mol. The Kier molecular flexibility index (Phi) is 5.37. The number of carbonyl (C=O) groups excluding carboxylic acids is 1. The second-order valence-corrected chi connectivity index (χ2v) is 5.59. The van der Waals surface area contributed by atoms with Gasteiger partial charge in [-0.2, -0.15) is 20.6 Å². The van der Waals surface area contributed by atoms with E-state index in [2.05, 4.69) is 25.7 Å². The molecule has 136 valence electrons. The van der Waals surface area contributed by atoms with Gasteiger partial charge in [0.25, 0.3) is 0 Å². The molecule has 2 heterocycles. The van der Waals surface area contributed by atoms with Crippen LogP contribution in [0, 0.1) is 17.1 Å². The van der Waals surface area contributed by atoms with Crippen LogP contribution in [0.25, 0.3) is 11.3 Å². The number of rotatable bonds is 6. The van der Waals surface area contributed by atoms with Crippen molar-refractivity contribution in [3.8, 4) is 23.1 Å². The van der Waals surface area contributed by atoms with Gasteiger partial charge in [-0.1, -0.05) is 6.07 Å². The highest BCUT2D eigenvalue weighted by atomic mass is 19.1. The minimum atomic E-state index is -0.597. The number of nitrogens with one attached hydrogen (secondary N) is 2. The highest BCUT2D eigenvalue weighted by Crippen LogP contribution is 2.33. The number of carbonyl (C=O) groups is 1. The summed E-state index contributed by atoms with van der Waals surface area (Å²) < 4.78 is 19.0. The number of hydrogen-bond acceptors (Lipinski definition) is 6. The Morgan fingerprint density at radius 3 is 2.89 bits per heavy atom. The second kappa shape index (κ2) is 8.05. The van der Waals surface area contributed by atoms with Crippen LogP contribution in [0.1, 0.15) is 17.5 Å². The first kappa shape index (κ1) is 18.0. The van der Waals surface area contributed by atoms with Crippen LogP contribution in [-0.2, 0) is 11.2 Å². The van der Waals surface area contributed by atoms with E-state index in [1.165, 1.54) is 25.4 Å². The zero-order chi connectivity index (χ0) is 19.2. The quantitative estimate of drug-likeness (QED) is 0.692. The minimum absolute atomic E-state index is 0.0254. The SMILES string of the molecule is COc1c(NC(=O)CCc2ccc(C#N)c(F)c2)n[nH]c1-c1ccnnc1. The van der Waals surface area contributed by atoms with Crippen molar-refractivity contribution in [3.05, 3.63) is 53.6 Å². The number of nitriles is 1. The molecule has 0 atom stereocenters. The lowest BCUT2D eigenvalue weighted by Gasteiger charge is -2.06. The number of H-pyrrole nitrogens is 1. The molecule has 0 radical (unpaired) electrons. The number of anilines is 1. The van der Waals surface area contributed by atoms with Gasteiger partial charge >= 0.3 is 0 Å². The van der Waals surface area contributed by atoms with E-state index in [-0.39, 0.29) is 23.7 Å². The Morgan fingerprint density at radius 1 is 1.37 bits per heavy atom. The van der Waals surface area contributed by atoms with Crippen LogP contribution >= 0.6 is 0 Å². The number of aryl methyl sites for hydroxylation is 1. The molecule has 3 rings (SSSR count). The topological polar surface area (TPSA) is 117 Å². The van der Waals surface area contributed by atoms with Crippen molar-refractivity contribution in [1.82, 2.24) is 20.4 Å². The first-order valence-electron chi connectivity index (χ1n) is 8.00. The fourth-order valence-electron chi connectivity index (χ4n) is 2.51. The zero-order valence-electron chi connectivity index (χ0n) is 14.4. The first-order valence-corrected chi connectivity index (χ1v) is 8.00. The number of aromatic nitrogens is 4. The largest absolute Gasteiger partial charge is 0.491 e. The minimum Gasteiger partial charge on any atom is -0.491 e. The molecule has 27 heavy (non-hydrogen) atoms. The molecule has 3 aromatic rings. The van der Waals surface area contributed by atoms with Crippen LogP contribution in [-0.4, -0.2) is 33.4 Å². The molecule has 2 N–H and O–H groups in total. The fourth-order valence-corrected chi connectivity index (χ4v) is 2.51. The molecule has 0 saturated heterocycles. The van der Waals surface area contributed by atoms with E-state index in [4.69, 9.17) is 10.00 Å². The molecule has 0 unspecified atom stereocenters. The Hall–Kier alpha value is -3.80. The molecule has 9 heteroatoms. The Bertz CT molecular complexity index is 997. The highest BCUT2D eigenvalue weighted by molar-refractivity contribution is 5.92. The van der Waals surface area contributed by atoms with E-state index in [9.17, 15) is 9.18 Å². The van der Waals surface area contributed by atoms with E-state index in [1.54, 1.807) is 24.4 Å². The third kappa shape index (κ3) is 4.07. The predicted molar refractivity (Wildman–Crippen MR) is 94.2 cm³/mol. The lowest BCUT2D eigenvalue weighted by molar-refractivity contribution is -0.116. The predicted octanol–water partition coefficient (Wildman–Crippen LogP) is 2.46. The van der Waals surface area contributed by atoms with Gasteiger partial charge in [0, 0.05) is 12.0 Å². The number of aromatic amines is 1. The molecule has 8 nitrogen and oxygen atoms in total. The van der Waals surface area contributed by atoms with Crippen LogP contribution < -0.4 is 10.1 Å². The molecule has 0 aliphatic heterocycles. The number of methoxy groups -OCH3 is 1. The third-order valence-electron chi connectivity index (χ3n) is 3.85. The van der Waals surface area contributed by atoms with Crippen LogP contribution in [0.5, 0.6) is 5.75 Å². The van der Waals surface area contributed by atoms with E-state index < -0.39 is 5.82 Å². The summed E-state index contributed by atoms with van der Waals surface area (Å²) in [5, 5.41) is 25.8.